The molecule has 2 aromatic rings. The first-order valence-electron chi connectivity index (χ1n) is 11.8. The highest BCUT2D eigenvalue weighted by atomic mass is 35.5. The van der Waals surface area contributed by atoms with E-state index in [0.29, 0.717) is 0 Å². The number of ether oxygens (including phenoxy) is 2. The summed E-state index contributed by atoms with van der Waals surface area (Å²) in [6, 6.07) is 12.5. The Morgan fingerprint density at radius 3 is 1.23 bits per heavy atom. The van der Waals surface area contributed by atoms with Crippen molar-refractivity contribution in [1.82, 2.24) is 0 Å². The monoisotopic (exact) mass is 452 g/mol. The highest BCUT2D eigenvalue weighted by Crippen LogP contribution is 2.33. The molecule has 0 radical (unpaired) electrons. The van der Waals surface area contributed by atoms with Gasteiger partial charge in [0.2, 0.25) is 0 Å². The van der Waals surface area contributed by atoms with Gasteiger partial charge < -0.3 is 9.47 Å². The zero-order valence-electron chi connectivity index (χ0n) is 18.4. The van der Waals surface area contributed by atoms with Gasteiger partial charge in [-0.15, -0.1) is 23.2 Å². The summed E-state index contributed by atoms with van der Waals surface area (Å²) in [4.78, 5) is 0. The molecule has 2 nitrogen and oxygen atoms in total. The predicted octanol–water partition coefficient (Wildman–Crippen LogP) is 8.76. The lowest BCUT2D eigenvalue weighted by molar-refractivity contribution is 0.301. The second-order valence-electron chi connectivity index (χ2n) is 7.92. The van der Waals surface area contributed by atoms with Crippen LogP contribution in [0.2, 0.25) is 0 Å². The van der Waals surface area contributed by atoms with Crippen LogP contribution in [0.3, 0.4) is 0 Å². The maximum absolute atomic E-state index is 6.11. The summed E-state index contributed by atoms with van der Waals surface area (Å²) in [5, 5.41) is 2.27. The van der Waals surface area contributed by atoms with Crippen LogP contribution in [0.4, 0.5) is 0 Å². The third kappa shape index (κ3) is 9.79. The average Bonchev–Trinajstić information content (AvgIpc) is 2.78. The molecule has 0 aromatic heterocycles. The van der Waals surface area contributed by atoms with Gasteiger partial charge in [-0.05, 0) is 37.8 Å². The molecule has 0 amide bonds. The molecule has 2 rings (SSSR count). The topological polar surface area (TPSA) is 18.5 Å². The zero-order chi connectivity index (χ0) is 21.3. The van der Waals surface area contributed by atoms with Crippen molar-refractivity contribution < 1.29 is 9.47 Å². The fraction of sp³-hybridized carbons (Fsp3) is 0.615. The molecule has 0 fully saturated rings. The van der Waals surface area contributed by atoms with Crippen LogP contribution in [0.15, 0.2) is 36.4 Å². The van der Waals surface area contributed by atoms with Crippen LogP contribution in [-0.4, -0.2) is 25.0 Å². The Morgan fingerprint density at radius 2 is 0.833 bits per heavy atom. The number of unbranched alkanes of at least 4 members (excludes halogenated alkanes) is 10. The van der Waals surface area contributed by atoms with E-state index in [0.717, 1.165) is 72.9 Å². The second-order valence-corrected chi connectivity index (χ2v) is 8.68. The minimum absolute atomic E-state index is 0.767. The number of hydrogen-bond donors (Lipinski definition) is 0. The van der Waals surface area contributed by atoms with Gasteiger partial charge in [-0.2, -0.15) is 0 Å². The van der Waals surface area contributed by atoms with Gasteiger partial charge >= 0.3 is 0 Å². The van der Waals surface area contributed by atoms with Crippen molar-refractivity contribution in [3.05, 3.63) is 36.4 Å². The Labute approximate surface area is 193 Å². The summed E-state index contributed by atoms with van der Waals surface area (Å²) in [7, 11) is 0. The van der Waals surface area contributed by atoms with Gasteiger partial charge in [0.15, 0.2) is 0 Å². The minimum Gasteiger partial charge on any atom is -0.493 e. The molecule has 0 atom stereocenters. The highest BCUT2D eigenvalue weighted by molar-refractivity contribution is 6.18. The Balaban J connectivity index is 1.74. The molecule has 30 heavy (non-hydrogen) atoms. The SMILES string of the molecule is ClCCCCCCCCOc1ccc(OCCCCCCCCCl)c2ccccc12. The largest absolute Gasteiger partial charge is 0.493 e. The highest BCUT2D eigenvalue weighted by Gasteiger charge is 2.08. The molecule has 0 aliphatic carbocycles. The first kappa shape index (κ1) is 25.1. The van der Waals surface area contributed by atoms with Crippen molar-refractivity contribution in [1.29, 1.82) is 0 Å². The molecule has 4 heteroatoms. The van der Waals surface area contributed by atoms with Gasteiger partial charge in [0.25, 0.3) is 0 Å². The van der Waals surface area contributed by atoms with E-state index in [9.17, 15) is 0 Å². The molecule has 0 N–H and O–H groups in total. The fourth-order valence-electron chi connectivity index (χ4n) is 3.67. The van der Waals surface area contributed by atoms with Gasteiger partial charge in [-0.25, -0.2) is 0 Å². The van der Waals surface area contributed by atoms with Gasteiger partial charge in [0.1, 0.15) is 11.5 Å². The lowest BCUT2D eigenvalue weighted by atomic mass is 10.1. The summed E-state index contributed by atoms with van der Waals surface area (Å²) in [5.41, 5.74) is 0. The van der Waals surface area contributed by atoms with E-state index < -0.39 is 0 Å². The number of hydrogen-bond acceptors (Lipinski definition) is 2. The number of fused-ring (bicyclic) bond motifs is 1. The van der Waals surface area contributed by atoms with Crippen LogP contribution in [0, 0.1) is 0 Å². The summed E-state index contributed by atoms with van der Waals surface area (Å²) in [6.07, 6.45) is 14.4. The van der Waals surface area contributed by atoms with Crippen molar-refractivity contribution in [2.45, 2.75) is 77.0 Å². The van der Waals surface area contributed by atoms with Crippen LogP contribution in [0.1, 0.15) is 77.0 Å². The normalized spacial score (nSPS) is 11.1. The van der Waals surface area contributed by atoms with Gasteiger partial charge in [0, 0.05) is 22.5 Å². The maximum atomic E-state index is 6.11. The van der Waals surface area contributed by atoms with Gasteiger partial charge in [-0.1, -0.05) is 75.6 Å². The van der Waals surface area contributed by atoms with Crippen molar-refractivity contribution >= 4 is 34.0 Å². The Bertz CT molecular complexity index is 631. The van der Waals surface area contributed by atoms with E-state index in [4.69, 9.17) is 32.7 Å². The number of rotatable bonds is 18. The summed E-state index contributed by atoms with van der Waals surface area (Å²) in [5.74, 6) is 3.48. The molecule has 2 aromatic carbocycles. The summed E-state index contributed by atoms with van der Waals surface area (Å²) >= 11 is 11.4. The number of alkyl halides is 2. The first-order valence-corrected chi connectivity index (χ1v) is 12.8. The van der Waals surface area contributed by atoms with Crippen LogP contribution < -0.4 is 9.47 Å². The van der Waals surface area contributed by atoms with E-state index in [1.807, 2.05) is 0 Å². The van der Waals surface area contributed by atoms with Crippen molar-refractivity contribution in [2.24, 2.45) is 0 Å². The molecule has 0 spiro atoms. The van der Waals surface area contributed by atoms with Gasteiger partial charge in [-0.3, -0.25) is 0 Å². The molecule has 0 unspecified atom stereocenters. The van der Waals surface area contributed by atoms with Crippen molar-refractivity contribution in [3.63, 3.8) is 0 Å². The van der Waals surface area contributed by atoms with E-state index in [1.54, 1.807) is 0 Å². The maximum Gasteiger partial charge on any atom is 0.127 e. The zero-order valence-corrected chi connectivity index (χ0v) is 19.9. The standard InChI is InChI=1S/C26H38Cl2O2/c27-19-11-5-1-3-7-13-21-29-25-17-18-26(24-16-10-9-15-23(24)25)30-22-14-8-4-2-6-12-20-28/h9-10,15-18H,1-8,11-14,19-22H2. The Kier molecular flexibility index (Phi) is 13.9. The molecular weight excluding hydrogens is 415 g/mol. The molecule has 0 aliphatic heterocycles. The van der Waals surface area contributed by atoms with Crippen molar-refractivity contribution in [2.75, 3.05) is 25.0 Å². The van der Waals surface area contributed by atoms with E-state index in [2.05, 4.69) is 36.4 Å². The van der Waals surface area contributed by atoms with Crippen LogP contribution in [-0.2, 0) is 0 Å². The number of benzene rings is 2. The number of halogens is 2. The molecule has 0 aliphatic rings. The minimum atomic E-state index is 0.767. The molecular formula is C26H38Cl2O2. The molecule has 0 bridgehead atoms. The Morgan fingerprint density at radius 1 is 0.467 bits per heavy atom. The smallest absolute Gasteiger partial charge is 0.127 e. The van der Waals surface area contributed by atoms with E-state index in [1.165, 1.54) is 51.4 Å². The van der Waals surface area contributed by atoms with Crippen molar-refractivity contribution in [3.8, 4) is 11.5 Å². The van der Waals surface area contributed by atoms with E-state index >= 15 is 0 Å². The predicted molar refractivity (Wildman–Crippen MR) is 132 cm³/mol. The average molecular weight is 453 g/mol. The Hall–Kier alpha value is -1.12. The third-order valence-corrected chi connectivity index (χ3v) is 5.95. The van der Waals surface area contributed by atoms with Crippen LogP contribution >= 0.6 is 23.2 Å². The second kappa shape index (κ2) is 16.6. The van der Waals surface area contributed by atoms with Crippen LogP contribution in [0.5, 0.6) is 11.5 Å². The lowest BCUT2D eigenvalue weighted by Gasteiger charge is -2.13. The fourth-order valence-corrected chi connectivity index (χ4v) is 4.05. The summed E-state index contributed by atoms with van der Waals surface area (Å²) < 4.78 is 12.2. The lowest BCUT2D eigenvalue weighted by Crippen LogP contribution is -2.00. The molecule has 0 heterocycles. The molecule has 168 valence electrons. The summed E-state index contributed by atoms with van der Waals surface area (Å²) in [6.45, 7) is 1.53. The van der Waals surface area contributed by atoms with Gasteiger partial charge in [0.05, 0.1) is 13.2 Å². The van der Waals surface area contributed by atoms with E-state index in [-0.39, 0.29) is 0 Å². The molecule has 0 saturated heterocycles. The van der Waals surface area contributed by atoms with Crippen LogP contribution in [0.25, 0.3) is 10.8 Å². The first-order chi connectivity index (χ1) is 14.9. The third-order valence-electron chi connectivity index (χ3n) is 5.42. The molecule has 0 saturated carbocycles. The quantitative estimate of drug-likeness (QED) is 0.166.